The topological polar surface area (TPSA) is 56.2 Å². The predicted molar refractivity (Wildman–Crippen MR) is 98.7 cm³/mol. The van der Waals surface area contributed by atoms with Gasteiger partial charge in [-0.15, -0.1) is 0 Å². The Bertz CT molecular complexity index is 1080. The Morgan fingerprint density at radius 2 is 1.83 bits per heavy atom. The number of amides is 1. The highest BCUT2D eigenvalue weighted by Gasteiger charge is 2.21. The first-order chi connectivity index (χ1) is 13.7. The van der Waals surface area contributed by atoms with Gasteiger partial charge in [0.2, 0.25) is 0 Å². The quantitative estimate of drug-likeness (QED) is 0.611. The molecule has 1 heterocycles. The van der Waals surface area contributed by atoms with Gasteiger partial charge in [-0.25, -0.2) is 13.5 Å². The molecular weight excluding hydrogens is 390 g/mol. The number of hydrogen-bond acceptors (Lipinski definition) is 3. The number of carbonyl (C=O) groups is 1. The highest BCUT2D eigenvalue weighted by atomic mass is 19.3. The van der Waals surface area contributed by atoms with E-state index in [0.717, 1.165) is 12.1 Å². The molecule has 0 saturated carbocycles. The van der Waals surface area contributed by atoms with Gasteiger partial charge in [0.1, 0.15) is 17.3 Å². The minimum Gasteiger partial charge on any atom is -0.434 e. The number of hydrogen-bond donors (Lipinski definition) is 1. The summed E-state index contributed by atoms with van der Waals surface area (Å²) in [5, 5.41) is 6.77. The van der Waals surface area contributed by atoms with E-state index in [2.05, 4.69) is 15.2 Å². The molecule has 0 unspecified atom stereocenters. The second kappa shape index (κ2) is 7.94. The van der Waals surface area contributed by atoms with Gasteiger partial charge in [-0.1, -0.05) is 6.07 Å². The van der Waals surface area contributed by atoms with E-state index in [-0.39, 0.29) is 22.7 Å². The van der Waals surface area contributed by atoms with Gasteiger partial charge in [0, 0.05) is 17.8 Å². The summed E-state index contributed by atoms with van der Waals surface area (Å²) in [5.41, 5.74) is 1.56. The van der Waals surface area contributed by atoms with Gasteiger partial charge in [0.25, 0.3) is 5.91 Å². The lowest BCUT2D eigenvalue weighted by atomic mass is 10.1. The molecule has 152 valence electrons. The van der Waals surface area contributed by atoms with Crippen molar-refractivity contribution in [1.29, 1.82) is 0 Å². The number of ether oxygens (including phenoxy) is 1. The van der Waals surface area contributed by atoms with E-state index in [4.69, 9.17) is 0 Å². The number of benzene rings is 2. The first-order valence-corrected chi connectivity index (χ1v) is 8.56. The van der Waals surface area contributed by atoms with Crippen LogP contribution in [-0.2, 0) is 0 Å². The minimum absolute atomic E-state index is 0.00555. The second-order valence-electron chi connectivity index (χ2n) is 6.37. The Hall–Kier alpha value is -3.36. The van der Waals surface area contributed by atoms with Crippen LogP contribution in [0.15, 0.2) is 36.4 Å². The maximum Gasteiger partial charge on any atom is 0.387 e. The summed E-state index contributed by atoms with van der Waals surface area (Å²) >= 11 is 0. The molecule has 0 fully saturated rings. The molecule has 0 atom stereocenters. The molecule has 29 heavy (non-hydrogen) atoms. The number of nitrogens with one attached hydrogen (secondary N) is 1. The number of aryl methyl sites for hydroxylation is 2. The average Bonchev–Trinajstić information content (AvgIpc) is 2.91. The van der Waals surface area contributed by atoms with Crippen LogP contribution in [0.25, 0.3) is 5.69 Å². The van der Waals surface area contributed by atoms with E-state index in [1.165, 1.54) is 22.9 Å². The van der Waals surface area contributed by atoms with Crippen LogP contribution >= 0.6 is 0 Å². The first-order valence-electron chi connectivity index (χ1n) is 8.56. The molecule has 0 saturated heterocycles. The lowest BCUT2D eigenvalue weighted by Crippen LogP contribution is -2.14. The lowest BCUT2D eigenvalue weighted by molar-refractivity contribution is -0.0502. The first kappa shape index (κ1) is 20.4. The van der Waals surface area contributed by atoms with E-state index in [0.29, 0.717) is 17.0 Å². The van der Waals surface area contributed by atoms with Gasteiger partial charge in [-0.3, -0.25) is 4.79 Å². The van der Waals surface area contributed by atoms with Gasteiger partial charge < -0.3 is 10.1 Å². The van der Waals surface area contributed by atoms with Crippen molar-refractivity contribution in [2.45, 2.75) is 27.4 Å². The fourth-order valence-electron chi connectivity index (χ4n) is 2.95. The molecule has 0 aliphatic carbocycles. The van der Waals surface area contributed by atoms with Crippen LogP contribution in [0, 0.1) is 32.4 Å². The molecule has 1 amide bonds. The number of alkyl halides is 2. The third-order valence-corrected chi connectivity index (χ3v) is 4.32. The molecule has 3 aromatic rings. The molecule has 2 aromatic carbocycles. The summed E-state index contributed by atoms with van der Waals surface area (Å²) < 4.78 is 57.9. The van der Waals surface area contributed by atoms with Crippen molar-refractivity contribution >= 4 is 11.6 Å². The van der Waals surface area contributed by atoms with Crippen molar-refractivity contribution < 1.29 is 27.1 Å². The zero-order chi connectivity index (χ0) is 21.3. The SMILES string of the molecule is Cc1ccc(NC(=O)c2c(C)nn(-c3ccc(F)cc3F)c2C)cc1OC(F)F. The van der Waals surface area contributed by atoms with Gasteiger partial charge in [0.15, 0.2) is 5.82 Å². The Kier molecular flexibility index (Phi) is 5.58. The molecule has 0 aliphatic heterocycles. The normalized spacial score (nSPS) is 11.0. The Morgan fingerprint density at radius 3 is 2.48 bits per heavy atom. The molecular formula is C20H17F4N3O2. The summed E-state index contributed by atoms with van der Waals surface area (Å²) in [4.78, 5) is 12.8. The summed E-state index contributed by atoms with van der Waals surface area (Å²) in [6.45, 7) is 1.74. The fourth-order valence-corrected chi connectivity index (χ4v) is 2.95. The highest BCUT2D eigenvalue weighted by Crippen LogP contribution is 2.26. The van der Waals surface area contributed by atoms with Crippen molar-refractivity contribution in [2.75, 3.05) is 5.32 Å². The van der Waals surface area contributed by atoms with Gasteiger partial charge in [-0.2, -0.15) is 13.9 Å². The molecule has 1 aromatic heterocycles. The van der Waals surface area contributed by atoms with E-state index >= 15 is 0 Å². The van der Waals surface area contributed by atoms with E-state index in [1.807, 2.05) is 0 Å². The number of carbonyl (C=O) groups excluding carboxylic acids is 1. The predicted octanol–water partition coefficient (Wildman–Crippen LogP) is 4.93. The van der Waals surface area contributed by atoms with Crippen molar-refractivity contribution in [3.8, 4) is 11.4 Å². The average molecular weight is 407 g/mol. The molecule has 0 spiro atoms. The third-order valence-electron chi connectivity index (χ3n) is 4.32. The van der Waals surface area contributed by atoms with Crippen LogP contribution in [0.4, 0.5) is 23.2 Å². The minimum atomic E-state index is -2.99. The molecule has 5 nitrogen and oxygen atoms in total. The lowest BCUT2D eigenvalue weighted by Gasteiger charge is -2.11. The van der Waals surface area contributed by atoms with Crippen molar-refractivity contribution in [3.63, 3.8) is 0 Å². The molecule has 9 heteroatoms. The van der Waals surface area contributed by atoms with Crippen LogP contribution < -0.4 is 10.1 Å². The number of anilines is 1. The Morgan fingerprint density at radius 1 is 1.10 bits per heavy atom. The van der Waals surface area contributed by atoms with Crippen LogP contribution in [-0.4, -0.2) is 22.3 Å². The van der Waals surface area contributed by atoms with Gasteiger partial charge >= 0.3 is 6.61 Å². The molecule has 0 aliphatic rings. The number of aromatic nitrogens is 2. The largest absolute Gasteiger partial charge is 0.434 e. The summed E-state index contributed by atoms with van der Waals surface area (Å²) in [7, 11) is 0. The Balaban J connectivity index is 1.92. The number of nitrogens with zero attached hydrogens (tertiary/aromatic N) is 2. The molecule has 1 N–H and O–H groups in total. The monoisotopic (exact) mass is 407 g/mol. The maximum absolute atomic E-state index is 14.1. The summed E-state index contributed by atoms with van der Waals surface area (Å²) in [5.74, 6) is -2.17. The van der Waals surface area contributed by atoms with Crippen LogP contribution in [0.3, 0.4) is 0 Å². The van der Waals surface area contributed by atoms with Crippen LogP contribution in [0.1, 0.15) is 27.3 Å². The van der Waals surface area contributed by atoms with Gasteiger partial charge in [-0.05, 0) is 44.5 Å². The molecule has 0 bridgehead atoms. The third kappa shape index (κ3) is 4.23. The summed E-state index contributed by atoms with van der Waals surface area (Å²) in [6, 6.07) is 7.40. The molecule has 3 rings (SSSR count). The van der Waals surface area contributed by atoms with E-state index in [9.17, 15) is 22.4 Å². The number of rotatable bonds is 5. The van der Waals surface area contributed by atoms with Crippen LogP contribution in [0.5, 0.6) is 5.75 Å². The smallest absolute Gasteiger partial charge is 0.387 e. The van der Waals surface area contributed by atoms with Crippen LogP contribution in [0.2, 0.25) is 0 Å². The standard InChI is InChI=1S/C20H17F4N3O2/c1-10-4-6-14(9-17(10)29-20(23)24)25-19(28)18-11(2)26-27(12(18)3)16-7-5-13(21)8-15(16)22/h4-9,20H,1-3H3,(H,25,28). The Labute approximate surface area is 163 Å². The second-order valence-corrected chi connectivity index (χ2v) is 6.37. The number of halogens is 4. The van der Waals surface area contributed by atoms with E-state index < -0.39 is 24.2 Å². The van der Waals surface area contributed by atoms with Crippen molar-refractivity contribution in [2.24, 2.45) is 0 Å². The van der Waals surface area contributed by atoms with Gasteiger partial charge in [0.05, 0.1) is 17.0 Å². The van der Waals surface area contributed by atoms with Crippen molar-refractivity contribution in [3.05, 3.63) is 70.5 Å². The van der Waals surface area contributed by atoms with E-state index in [1.54, 1.807) is 26.8 Å². The zero-order valence-electron chi connectivity index (χ0n) is 15.8. The maximum atomic E-state index is 14.1. The molecule has 0 radical (unpaired) electrons. The summed E-state index contributed by atoms with van der Waals surface area (Å²) in [6.07, 6.45) is 0. The van der Waals surface area contributed by atoms with Crippen molar-refractivity contribution in [1.82, 2.24) is 9.78 Å². The zero-order valence-corrected chi connectivity index (χ0v) is 15.8. The fraction of sp³-hybridized carbons (Fsp3) is 0.200. The highest BCUT2D eigenvalue weighted by molar-refractivity contribution is 6.06.